The van der Waals surface area contributed by atoms with Gasteiger partial charge in [-0.05, 0) is 24.9 Å². The number of aryl methyl sites for hydroxylation is 1. The van der Waals surface area contributed by atoms with Crippen LogP contribution in [0.1, 0.15) is 18.2 Å². The molecule has 0 saturated carbocycles. The van der Waals surface area contributed by atoms with Gasteiger partial charge in [-0.2, -0.15) is 4.37 Å². The standard InChI is InChI=1S/C15H20N4OS/c1-5-8-17-10-18(9-6-2)15(20)19(11-17)14-12(4)13(7-3)16-21-14/h2,5H,1,7-11H2,3-4H3. The number of terminal acetylenes is 1. The summed E-state index contributed by atoms with van der Waals surface area (Å²) in [5.41, 5.74) is 2.13. The molecule has 0 N–H and O–H groups in total. The highest BCUT2D eigenvalue weighted by molar-refractivity contribution is 7.10. The number of hydrogen-bond acceptors (Lipinski definition) is 4. The van der Waals surface area contributed by atoms with Crippen LogP contribution in [0.2, 0.25) is 0 Å². The Kier molecular flexibility index (Phi) is 4.99. The largest absolute Gasteiger partial charge is 0.328 e. The van der Waals surface area contributed by atoms with E-state index in [1.165, 1.54) is 11.5 Å². The van der Waals surface area contributed by atoms with Gasteiger partial charge in [-0.25, -0.2) is 4.79 Å². The normalized spacial score (nSPS) is 16.1. The summed E-state index contributed by atoms with van der Waals surface area (Å²) < 4.78 is 4.44. The summed E-state index contributed by atoms with van der Waals surface area (Å²) in [6.07, 6.45) is 8.07. The van der Waals surface area contributed by atoms with Crippen LogP contribution in [-0.4, -0.2) is 46.6 Å². The number of nitrogens with zero attached hydrogens (tertiary/aromatic N) is 4. The molecule has 5 nitrogen and oxygen atoms in total. The van der Waals surface area contributed by atoms with E-state index >= 15 is 0 Å². The second kappa shape index (κ2) is 6.74. The molecule has 0 aliphatic carbocycles. The van der Waals surface area contributed by atoms with Crippen molar-refractivity contribution < 1.29 is 4.79 Å². The van der Waals surface area contributed by atoms with Crippen LogP contribution in [0, 0.1) is 19.3 Å². The summed E-state index contributed by atoms with van der Waals surface area (Å²) in [5, 5.41) is 0.910. The van der Waals surface area contributed by atoms with E-state index in [1.807, 2.05) is 13.0 Å². The Hall–Kier alpha value is -1.84. The van der Waals surface area contributed by atoms with Gasteiger partial charge < -0.3 is 4.90 Å². The quantitative estimate of drug-likeness (QED) is 0.619. The van der Waals surface area contributed by atoms with Crippen molar-refractivity contribution in [1.82, 2.24) is 14.2 Å². The van der Waals surface area contributed by atoms with E-state index in [-0.39, 0.29) is 6.03 Å². The maximum Gasteiger partial charge on any atom is 0.328 e. The molecule has 0 atom stereocenters. The van der Waals surface area contributed by atoms with Gasteiger partial charge in [0.15, 0.2) is 0 Å². The first kappa shape index (κ1) is 15.5. The lowest BCUT2D eigenvalue weighted by Crippen LogP contribution is -2.58. The maximum absolute atomic E-state index is 12.6. The predicted octanol–water partition coefficient (Wildman–Crippen LogP) is 2.29. The fourth-order valence-electron chi connectivity index (χ4n) is 2.39. The third kappa shape index (κ3) is 3.09. The molecule has 6 heteroatoms. The van der Waals surface area contributed by atoms with Crippen molar-refractivity contribution in [2.75, 3.05) is 31.3 Å². The third-order valence-electron chi connectivity index (χ3n) is 3.46. The molecule has 1 aliphatic rings. The smallest absolute Gasteiger partial charge is 0.300 e. The van der Waals surface area contributed by atoms with E-state index in [4.69, 9.17) is 6.42 Å². The van der Waals surface area contributed by atoms with Crippen molar-refractivity contribution in [1.29, 1.82) is 0 Å². The van der Waals surface area contributed by atoms with E-state index in [2.05, 4.69) is 28.7 Å². The molecular formula is C15H20N4OS. The van der Waals surface area contributed by atoms with E-state index in [0.29, 0.717) is 26.4 Å². The minimum absolute atomic E-state index is 0.0531. The molecule has 1 aliphatic heterocycles. The minimum Gasteiger partial charge on any atom is -0.300 e. The van der Waals surface area contributed by atoms with E-state index in [9.17, 15) is 4.79 Å². The molecule has 21 heavy (non-hydrogen) atoms. The lowest BCUT2D eigenvalue weighted by molar-refractivity contribution is 0.132. The van der Waals surface area contributed by atoms with Crippen molar-refractivity contribution >= 4 is 22.6 Å². The number of carbonyl (C=O) groups is 1. The number of aromatic nitrogens is 1. The number of amides is 2. The lowest BCUT2D eigenvalue weighted by atomic mass is 10.2. The first-order valence-corrected chi connectivity index (χ1v) is 7.68. The van der Waals surface area contributed by atoms with Gasteiger partial charge in [-0.15, -0.1) is 13.0 Å². The van der Waals surface area contributed by atoms with Crippen molar-refractivity contribution in [2.24, 2.45) is 0 Å². The molecule has 112 valence electrons. The third-order valence-corrected chi connectivity index (χ3v) is 4.47. The van der Waals surface area contributed by atoms with Gasteiger partial charge >= 0.3 is 6.03 Å². The Morgan fingerprint density at radius 2 is 2.29 bits per heavy atom. The lowest BCUT2D eigenvalue weighted by Gasteiger charge is -2.40. The van der Waals surface area contributed by atoms with Crippen LogP contribution in [0.25, 0.3) is 0 Å². The topological polar surface area (TPSA) is 39.7 Å². The van der Waals surface area contributed by atoms with E-state index in [1.54, 1.807) is 9.80 Å². The monoisotopic (exact) mass is 304 g/mol. The number of carbonyl (C=O) groups excluding carboxylic acids is 1. The van der Waals surface area contributed by atoms with Crippen LogP contribution in [0.15, 0.2) is 12.7 Å². The first-order chi connectivity index (χ1) is 10.1. The molecule has 0 radical (unpaired) electrons. The van der Waals surface area contributed by atoms with Gasteiger partial charge in [0.2, 0.25) is 0 Å². The van der Waals surface area contributed by atoms with Gasteiger partial charge in [-0.3, -0.25) is 9.80 Å². The van der Waals surface area contributed by atoms with Crippen LogP contribution in [0.5, 0.6) is 0 Å². The molecule has 2 amide bonds. The maximum atomic E-state index is 12.6. The van der Waals surface area contributed by atoms with Crippen molar-refractivity contribution in [2.45, 2.75) is 20.3 Å². The summed E-state index contributed by atoms with van der Waals surface area (Å²) in [4.78, 5) is 18.1. The predicted molar refractivity (Wildman–Crippen MR) is 86.3 cm³/mol. The fourth-order valence-corrected chi connectivity index (χ4v) is 3.35. The zero-order valence-electron chi connectivity index (χ0n) is 12.5. The van der Waals surface area contributed by atoms with E-state index < -0.39 is 0 Å². The average molecular weight is 304 g/mol. The molecule has 1 aromatic heterocycles. The summed E-state index contributed by atoms with van der Waals surface area (Å²) in [6.45, 7) is 9.94. The molecule has 2 heterocycles. The zero-order valence-corrected chi connectivity index (χ0v) is 13.3. The Morgan fingerprint density at radius 1 is 1.52 bits per heavy atom. The van der Waals surface area contributed by atoms with Crippen molar-refractivity contribution in [3.8, 4) is 12.3 Å². The minimum atomic E-state index is -0.0531. The SMILES string of the molecule is C#CCN1CN(CC=C)CN(c2snc(CC)c2C)C1=O. The highest BCUT2D eigenvalue weighted by Crippen LogP contribution is 2.30. The number of urea groups is 1. The second-order valence-corrected chi connectivity index (χ2v) is 5.70. The van der Waals surface area contributed by atoms with Gasteiger partial charge in [0, 0.05) is 12.1 Å². The Bertz CT molecular complexity index is 575. The fraction of sp³-hybridized carbons (Fsp3) is 0.467. The van der Waals surface area contributed by atoms with Crippen LogP contribution in [0.4, 0.5) is 9.80 Å². The van der Waals surface area contributed by atoms with Crippen molar-refractivity contribution in [3.63, 3.8) is 0 Å². The molecule has 1 saturated heterocycles. The van der Waals surface area contributed by atoms with E-state index in [0.717, 1.165) is 22.7 Å². The highest BCUT2D eigenvalue weighted by atomic mass is 32.1. The van der Waals surface area contributed by atoms with Gasteiger partial charge in [0.05, 0.1) is 25.6 Å². The van der Waals surface area contributed by atoms with Crippen LogP contribution >= 0.6 is 11.5 Å². The van der Waals surface area contributed by atoms with Crippen LogP contribution < -0.4 is 4.90 Å². The molecule has 0 unspecified atom stereocenters. The number of rotatable bonds is 5. The second-order valence-electron chi connectivity index (χ2n) is 4.95. The molecule has 1 aromatic rings. The van der Waals surface area contributed by atoms with Crippen LogP contribution in [-0.2, 0) is 6.42 Å². The average Bonchev–Trinajstić information content (AvgIpc) is 2.83. The van der Waals surface area contributed by atoms with Gasteiger partial charge in [-0.1, -0.05) is 18.9 Å². The van der Waals surface area contributed by atoms with Gasteiger partial charge in [0.1, 0.15) is 5.00 Å². The number of hydrogen-bond donors (Lipinski definition) is 0. The Balaban J connectivity index is 2.30. The molecule has 0 aromatic carbocycles. The molecule has 0 bridgehead atoms. The Labute approximate surface area is 130 Å². The van der Waals surface area contributed by atoms with Crippen LogP contribution in [0.3, 0.4) is 0 Å². The summed E-state index contributed by atoms with van der Waals surface area (Å²) in [6, 6.07) is -0.0531. The summed E-state index contributed by atoms with van der Waals surface area (Å²) in [5.74, 6) is 2.55. The zero-order chi connectivity index (χ0) is 15.4. The molecule has 0 spiro atoms. The van der Waals surface area contributed by atoms with Gasteiger partial charge in [0.25, 0.3) is 0 Å². The summed E-state index contributed by atoms with van der Waals surface area (Å²) >= 11 is 1.38. The molecule has 2 rings (SSSR count). The van der Waals surface area contributed by atoms with Crippen molar-refractivity contribution in [3.05, 3.63) is 23.9 Å². The molecule has 1 fully saturated rings. The molecular weight excluding hydrogens is 284 g/mol. The number of anilines is 1. The first-order valence-electron chi connectivity index (χ1n) is 6.90. The highest BCUT2D eigenvalue weighted by Gasteiger charge is 2.32. The summed E-state index contributed by atoms with van der Waals surface area (Å²) in [7, 11) is 0. The Morgan fingerprint density at radius 3 is 2.86 bits per heavy atom.